The van der Waals surface area contributed by atoms with Crippen LogP contribution in [0.25, 0.3) is 43.9 Å². The van der Waals surface area contributed by atoms with Gasteiger partial charge in [-0.05, 0) is 73.2 Å². The quantitative estimate of drug-likeness (QED) is 0.327. The monoisotopic (exact) mass is 331 g/mol. The summed E-state index contributed by atoms with van der Waals surface area (Å²) in [5, 5.41) is 3.84. The first kappa shape index (κ1) is 11.5. The van der Waals surface area contributed by atoms with Crippen LogP contribution in [0.15, 0.2) is 65.3 Å². The molecule has 0 spiro atoms. The smallest absolute Gasteiger partial charge is 0.107 e. The van der Waals surface area contributed by atoms with E-state index in [9.17, 15) is 0 Å². The van der Waals surface area contributed by atoms with Gasteiger partial charge in [0, 0.05) is 5.39 Å². The van der Waals surface area contributed by atoms with Gasteiger partial charge in [0.2, 0.25) is 0 Å². The fourth-order valence-electron chi connectivity index (χ4n) is 3.38. The summed E-state index contributed by atoms with van der Waals surface area (Å²) in [6, 6.07) is 21.6. The van der Waals surface area contributed by atoms with E-state index in [1.54, 1.807) is 0 Å². The first-order chi connectivity index (χ1) is 10.3. The number of hydrogen-bond acceptors (Lipinski definition) is 1. The van der Waals surface area contributed by atoms with Crippen molar-refractivity contribution in [2.45, 2.75) is 0 Å². The van der Waals surface area contributed by atoms with Crippen LogP contribution in [0.5, 0.6) is 0 Å². The number of aromatic nitrogens is 1. The van der Waals surface area contributed by atoms with Crippen molar-refractivity contribution in [2.75, 3.05) is 0 Å². The maximum atomic E-state index is 4.61. The molecule has 1 aliphatic rings. The summed E-state index contributed by atoms with van der Waals surface area (Å²) >= 11 is 3.54. The first-order valence-electron chi connectivity index (χ1n) is 6.94. The van der Waals surface area contributed by atoms with E-state index >= 15 is 0 Å². The van der Waals surface area contributed by atoms with Gasteiger partial charge in [-0.1, -0.05) is 36.4 Å². The third-order valence-electron chi connectivity index (χ3n) is 4.27. The van der Waals surface area contributed by atoms with E-state index in [0.717, 1.165) is 10.1 Å². The van der Waals surface area contributed by atoms with E-state index in [0.29, 0.717) is 0 Å². The van der Waals surface area contributed by atoms with Crippen molar-refractivity contribution >= 4 is 37.6 Å². The van der Waals surface area contributed by atoms with E-state index in [2.05, 4.69) is 81.6 Å². The number of rotatable bonds is 0. The Morgan fingerprint density at radius 3 is 2.14 bits per heavy atom. The Hall–Kier alpha value is -2.19. The maximum absolute atomic E-state index is 4.61. The summed E-state index contributed by atoms with van der Waals surface area (Å²) in [6.07, 6.45) is 0. The van der Waals surface area contributed by atoms with Crippen LogP contribution < -0.4 is 0 Å². The Labute approximate surface area is 130 Å². The maximum Gasteiger partial charge on any atom is 0.107 e. The molecule has 0 unspecified atom stereocenters. The van der Waals surface area contributed by atoms with Gasteiger partial charge in [0.1, 0.15) is 4.60 Å². The van der Waals surface area contributed by atoms with Crippen molar-refractivity contribution in [3.05, 3.63) is 65.3 Å². The lowest BCUT2D eigenvalue weighted by Gasteiger charge is -2.05. The summed E-state index contributed by atoms with van der Waals surface area (Å²) in [6.45, 7) is 0. The second-order valence-electron chi connectivity index (χ2n) is 5.44. The van der Waals surface area contributed by atoms with Gasteiger partial charge < -0.3 is 0 Å². The predicted molar refractivity (Wildman–Crippen MR) is 91.4 cm³/mol. The highest BCUT2D eigenvalue weighted by Gasteiger charge is 2.22. The largest absolute Gasteiger partial charge is 0.241 e. The van der Waals surface area contributed by atoms with Crippen LogP contribution in [0.3, 0.4) is 0 Å². The molecule has 98 valence electrons. The average molecular weight is 332 g/mol. The van der Waals surface area contributed by atoms with Crippen LogP contribution in [0, 0.1) is 0 Å². The fraction of sp³-hybridized carbons (Fsp3) is 0. The van der Waals surface area contributed by atoms with E-state index in [1.165, 1.54) is 38.4 Å². The van der Waals surface area contributed by atoms with Gasteiger partial charge in [-0.25, -0.2) is 4.98 Å². The minimum absolute atomic E-state index is 0.892. The highest BCUT2D eigenvalue weighted by atomic mass is 79.9. The summed E-state index contributed by atoms with van der Waals surface area (Å²) in [4.78, 5) is 4.61. The molecule has 0 fully saturated rings. The van der Waals surface area contributed by atoms with E-state index in [1.807, 2.05) is 0 Å². The predicted octanol–water partition coefficient (Wildman–Crippen LogP) is 5.80. The molecule has 0 N–H and O–H groups in total. The molecular formula is C19H10BrN. The van der Waals surface area contributed by atoms with E-state index in [-0.39, 0.29) is 0 Å². The van der Waals surface area contributed by atoms with E-state index < -0.39 is 0 Å². The van der Waals surface area contributed by atoms with Crippen LogP contribution in [0.2, 0.25) is 0 Å². The van der Waals surface area contributed by atoms with E-state index in [4.69, 9.17) is 0 Å². The van der Waals surface area contributed by atoms with Gasteiger partial charge in [-0.3, -0.25) is 0 Å². The van der Waals surface area contributed by atoms with Crippen LogP contribution in [0.4, 0.5) is 0 Å². The second-order valence-corrected chi connectivity index (χ2v) is 6.25. The minimum Gasteiger partial charge on any atom is -0.241 e. The lowest BCUT2D eigenvalue weighted by atomic mass is 9.99. The molecule has 4 aromatic rings. The zero-order valence-corrected chi connectivity index (χ0v) is 12.7. The SMILES string of the molecule is Brc1cc2c3c(cccc3n1)-c1cc3ccccc3cc1-2. The molecule has 0 atom stereocenters. The number of hydrogen-bond donors (Lipinski definition) is 0. The number of halogens is 1. The van der Waals surface area contributed by atoms with Gasteiger partial charge >= 0.3 is 0 Å². The average Bonchev–Trinajstić information content (AvgIpc) is 2.80. The zero-order valence-electron chi connectivity index (χ0n) is 11.1. The second kappa shape index (κ2) is 3.92. The number of nitrogens with zero attached hydrogens (tertiary/aromatic N) is 1. The molecular weight excluding hydrogens is 322 g/mol. The normalized spacial score (nSPS) is 12.0. The lowest BCUT2D eigenvalue weighted by Crippen LogP contribution is -1.82. The van der Waals surface area contributed by atoms with Crippen LogP contribution >= 0.6 is 15.9 Å². The van der Waals surface area contributed by atoms with Crippen molar-refractivity contribution in [1.82, 2.24) is 4.98 Å². The summed E-state index contributed by atoms with van der Waals surface area (Å²) < 4.78 is 0.892. The Kier molecular flexibility index (Phi) is 2.14. The van der Waals surface area contributed by atoms with Crippen molar-refractivity contribution < 1.29 is 0 Å². The molecule has 5 rings (SSSR count). The molecule has 0 saturated carbocycles. The summed E-state index contributed by atoms with van der Waals surface area (Å²) in [5.41, 5.74) is 6.25. The molecule has 1 aromatic heterocycles. The third-order valence-corrected chi connectivity index (χ3v) is 4.67. The van der Waals surface area contributed by atoms with Crippen molar-refractivity contribution in [3.8, 4) is 22.3 Å². The van der Waals surface area contributed by atoms with Gasteiger partial charge in [0.15, 0.2) is 0 Å². The molecule has 0 amide bonds. The molecule has 3 aromatic carbocycles. The van der Waals surface area contributed by atoms with Crippen LogP contribution in [-0.4, -0.2) is 4.98 Å². The van der Waals surface area contributed by atoms with Crippen molar-refractivity contribution in [1.29, 1.82) is 0 Å². The topological polar surface area (TPSA) is 12.9 Å². The minimum atomic E-state index is 0.892. The fourth-order valence-corrected chi connectivity index (χ4v) is 3.80. The Morgan fingerprint density at radius 2 is 1.38 bits per heavy atom. The Bertz CT molecular complexity index is 1050. The number of benzene rings is 3. The van der Waals surface area contributed by atoms with Crippen LogP contribution in [0.1, 0.15) is 0 Å². The molecule has 0 bridgehead atoms. The highest BCUT2D eigenvalue weighted by Crippen LogP contribution is 2.48. The highest BCUT2D eigenvalue weighted by molar-refractivity contribution is 9.10. The van der Waals surface area contributed by atoms with Crippen LogP contribution in [-0.2, 0) is 0 Å². The summed E-state index contributed by atoms with van der Waals surface area (Å²) in [5.74, 6) is 0. The molecule has 0 aliphatic heterocycles. The Morgan fingerprint density at radius 1 is 0.667 bits per heavy atom. The molecule has 0 saturated heterocycles. The zero-order chi connectivity index (χ0) is 14.0. The van der Waals surface area contributed by atoms with Gasteiger partial charge in [-0.2, -0.15) is 0 Å². The third kappa shape index (κ3) is 1.48. The lowest BCUT2D eigenvalue weighted by molar-refractivity contribution is 1.36. The van der Waals surface area contributed by atoms with Crippen molar-refractivity contribution in [3.63, 3.8) is 0 Å². The number of fused-ring (bicyclic) bond motifs is 4. The molecule has 2 heteroatoms. The first-order valence-corrected chi connectivity index (χ1v) is 7.73. The Balaban J connectivity index is 2.02. The standard InChI is InChI=1S/C19H10BrN/c20-18-10-16-15-9-12-5-2-1-4-11(12)8-14(15)13-6-3-7-17(21-18)19(13)16/h1-10H. The molecule has 0 radical (unpaired) electrons. The molecule has 1 aliphatic carbocycles. The number of pyridine rings is 1. The summed E-state index contributed by atoms with van der Waals surface area (Å²) in [7, 11) is 0. The van der Waals surface area contributed by atoms with Gasteiger partial charge in [0.25, 0.3) is 0 Å². The molecule has 21 heavy (non-hydrogen) atoms. The van der Waals surface area contributed by atoms with Gasteiger partial charge in [-0.15, -0.1) is 0 Å². The molecule has 1 nitrogen and oxygen atoms in total. The van der Waals surface area contributed by atoms with Gasteiger partial charge in [0.05, 0.1) is 5.52 Å². The molecule has 1 heterocycles. The van der Waals surface area contributed by atoms with Crippen molar-refractivity contribution in [2.24, 2.45) is 0 Å².